The number of hydrogen-bond donors (Lipinski definition) is 4. The van der Waals surface area contributed by atoms with Gasteiger partial charge in [-0.05, 0) is 55.4 Å². The normalized spacial score (nSPS) is 26.4. The molecule has 0 aliphatic heterocycles. The van der Waals surface area contributed by atoms with Gasteiger partial charge in [0.05, 0.1) is 5.56 Å². The van der Waals surface area contributed by atoms with E-state index in [2.05, 4.69) is 16.2 Å². The van der Waals surface area contributed by atoms with Crippen molar-refractivity contribution in [1.82, 2.24) is 16.2 Å². The lowest BCUT2D eigenvalue weighted by molar-refractivity contribution is 0.0941. The number of hydrogen-bond acceptors (Lipinski definition) is 3. The van der Waals surface area contributed by atoms with Crippen LogP contribution in [0.5, 0.6) is 5.75 Å². The minimum atomic E-state index is -0.412. The summed E-state index contributed by atoms with van der Waals surface area (Å²) in [5.41, 5.74) is 5.42. The number of amides is 1. The first kappa shape index (κ1) is 14.1. The van der Waals surface area contributed by atoms with E-state index < -0.39 is 5.91 Å². The molecule has 1 aromatic carbocycles. The molecule has 2 aliphatic rings. The molecule has 0 aromatic heterocycles. The van der Waals surface area contributed by atoms with Gasteiger partial charge >= 0.3 is 0 Å². The van der Waals surface area contributed by atoms with Crippen molar-refractivity contribution >= 4 is 23.2 Å². The van der Waals surface area contributed by atoms with Crippen molar-refractivity contribution in [2.45, 2.75) is 31.7 Å². The van der Waals surface area contributed by atoms with Gasteiger partial charge in [0.2, 0.25) is 0 Å². The third-order valence-electron chi connectivity index (χ3n) is 4.49. The number of thiocarbonyl (C=S) groups is 1. The summed E-state index contributed by atoms with van der Waals surface area (Å²) >= 11 is 5.21. The summed E-state index contributed by atoms with van der Waals surface area (Å²) in [4.78, 5) is 11.9. The fourth-order valence-corrected chi connectivity index (χ4v) is 3.67. The summed E-state index contributed by atoms with van der Waals surface area (Å²) in [5, 5.41) is 13.3. The Hall–Kier alpha value is -1.82. The summed E-state index contributed by atoms with van der Waals surface area (Å²) in [6, 6.07) is 6.81. The van der Waals surface area contributed by atoms with Gasteiger partial charge in [0.15, 0.2) is 5.11 Å². The van der Waals surface area contributed by atoms with Crippen molar-refractivity contribution in [2.75, 3.05) is 0 Å². The Morgan fingerprint density at radius 3 is 2.67 bits per heavy atom. The highest BCUT2D eigenvalue weighted by Crippen LogP contribution is 2.44. The number of carbonyl (C=O) groups excluding carboxylic acids is 1. The lowest BCUT2D eigenvalue weighted by Crippen LogP contribution is -2.50. The van der Waals surface area contributed by atoms with Gasteiger partial charge in [-0.25, -0.2) is 0 Å². The zero-order valence-electron chi connectivity index (χ0n) is 11.6. The Bertz CT molecular complexity index is 564. The second kappa shape index (κ2) is 5.89. The number of hydrazine groups is 1. The number of para-hydroxylation sites is 1. The Kier molecular flexibility index (Phi) is 3.96. The molecule has 4 N–H and O–H groups in total. The van der Waals surface area contributed by atoms with E-state index in [1.807, 2.05) is 0 Å². The maximum Gasteiger partial charge on any atom is 0.273 e. The number of carbonyl (C=O) groups is 1. The Balaban J connectivity index is 1.48. The molecule has 1 aromatic rings. The molecule has 1 amide bonds. The number of fused-ring (bicyclic) bond motifs is 2. The lowest BCUT2D eigenvalue weighted by Gasteiger charge is -2.24. The van der Waals surface area contributed by atoms with Crippen LogP contribution < -0.4 is 16.2 Å². The molecular formula is C15H19N3O2S. The fraction of sp³-hybridized carbons (Fsp3) is 0.467. The van der Waals surface area contributed by atoms with E-state index in [4.69, 9.17) is 12.2 Å². The predicted molar refractivity (Wildman–Crippen MR) is 83.7 cm³/mol. The topological polar surface area (TPSA) is 73.4 Å². The molecule has 5 nitrogen and oxygen atoms in total. The maximum absolute atomic E-state index is 11.9. The van der Waals surface area contributed by atoms with Crippen LogP contribution in [0.3, 0.4) is 0 Å². The van der Waals surface area contributed by atoms with Gasteiger partial charge in [0, 0.05) is 6.04 Å². The SMILES string of the molecule is O=C(NNC(=S)N[C@@H]1C[C@H]2CC[C@@H]1C2)c1ccccc1O. The van der Waals surface area contributed by atoms with Crippen LogP contribution >= 0.6 is 12.2 Å². The van der Waals surface area contributed by atoms with E-state index in [0.29, 0.717) is 17.1 Å². The monoisotopic (exact) mass is 305 g/mol. The molecular weight excluding hydrogens is 286 g/mol. The van der Waals surface area contributed by atoms with Crippen molar-refractivity contribution < 1.29 is 9.90 Å². The zero-order chi connectivity index (χ0) is 14.8. The van der Waals surface area contributed by atoms with E-state index in [-0.39, 0.29) is 11.3 Å². The number of aromatic hydroxyl groups is 1. The van der Waals surface area contributed by atoms with Gasteiger partial charge in [-0.1, -0.05) is 18.6 Å². The van der Waals surface area contributed by atoms with Gasteiger partial charge in [-0.3, -0.25) is 15.6 Å². The molecule has 2 fully saturated rings. The quantitative estimate of drug-likeness (QED) is 0.494. The lowest BCUT2D eigenvalue weighted by atomic mass is 9.96. The molecule has 2 saturated carbocycles. The minimum Gasteiger partial charge on any atom is -0.507 e. The molecule has 112 valence electrons. The van der Waals surface area contributed by atoms with Crippen molar-refractivity contribution in [3.8, 4) is 5.75 Å². The van der Waals surface area contributed by atoms with Crippen molar-refractivity contribution in [2.24, 2.45) is 11.8 Å². The van der Waals surface area contributed by atoms with E-state index in [1.165, 1.54) is 31.7 Å². The van der Waals surface area contributed by atoms with E-state index in [9.17, 15) is 9.90 Å². The molecule has 2 bridgehead atoms. The average molecular weight is 305 g/mol. The van der Waals surface area contributed by atoms with Crippen LogP contribution in [0.25, 0.3) is 0 Å². The summed E-state index contributed by atoms with van der Waals surface area (Å²) < 4.78 is 0. The van der Waals surface area contributed by atoms with Crippen LogP contribution in [0.2, 0.25) is 0 Å². The molecule has 0 unspecified atom stereocenters. The van der Waals surface area contributed by atoms with Gasteiger partial charge in [-0.2, -0.15) is 0 Å². The third-order valence-corrected chi connectivity index (χ3v) is 4.71. The predicted octanol–water partition coefficient (Wildman–Crippen LogP) is 1.69. The van der Waals surface area contributed by atoms with Crippen LogP contribution in [0.15, 0.2) is 24.3 Å². The van der Waals surface area contributed by atoms with Crippen LogP contribution in [0, 0.1) is 11.8 Å². The first-order valence-electron chi connectivity index (χ1n) is 7.28. The van der Waals surface area contributed by atoms with Crippen LogP contribution in [0.4, 0.5) is 0 Å². The molecule has 3 atom stereocenters. The minimum absolute atomic E-state index is 0.0521. The molecule has 2 aliphatic carbocycles. The number of phenolic OH excluding ortho intramolecular Hbond substituents is 1. The smallest absolute Gasteiger partial charge is 0.273 e. The number of nitrogens with one attached hydrogen (secondary N) is 3. The fourth-order valence-electron chi connectivity index (χ4n) is 3.47. The summed E-state index contributed by atoms with van der Waals surface area (Å²) in [7, 11) is 0. The first-order valence-corrected chi connectivity index (χ1v) is 7.69. The van der Waals surface area contributed by atoms with E-state index >= 15 is 0 Å². The van der Waals surface area contributed by atoms with Gasteiger partial charge in [-0.15, -0.1) is 0 Å². The number of phenols is 1. The molecule has 6 heteroatoms. The Morgan fingerprint density at radius 1 is 1.19 bits per heavy atom. The second-order valence-corrected chi connectivity index (χ2v) is 6.26. The Labute approximate surface area is 129 Å². The highest BCUT2D eigenvalue weighted by atomic mass is 32.1. The summed E-state index contributed by atoms with van der Waals surface area (Å²) in [6.07, 6.45) is 5.08. The molecule has 0 radical (unpaired) electrons. The van der Waals surface area contributed by atoms with E-state index in [0.717, 1.165) is 5.92 Å². The van der Waals surface area contributed by atoms with Gasteiger partial charge in [0.25, 0.3) is 5.91 Å². The highest BCUT2D eigenvalue weighted by molar-refractivity contribution is 7.80. The Morgan fingerprint density at radius 2 is 2.00 bits per heavy atom. The number of benzene rings is 1. The first-order chi connectivity index (χ1) is 10.1. The second-order valence-electron chi connectivity index (χ2n) is 5.85. The van der Waals surface area contributed by atoms with Crippen molar-refractivity contribution in [3.63, 3.8) is 0 Å². The summed E-state index contributed by atoms with van der Waals surface area (Å²) in [5.74, 6) is 1.09. The van der Waals surface area contributed by atoms with Gasteiger partial charge in [0.1, 0.15) is 5.75 Å². The average Bonchev–Trinajstić information content (AvgIpc) is 3.08. The molecule has 0 heterocycles. The molecule has 0 spiro atoms. The molecule has 0 saturated heterocycles. The maximum atomic E-state index is 11.9. The van der Waals surface area contributed by atoms with E-state index in [1.54, 1.807) is 18.2 Å². The summed E-state index contributed by atoms with van der Waals surface area (Å²) in [6.45, 7) is 0. The molecule has 3 rings (SSSR count). The standard InChI is InChI=1S/C15H19N3O2S/c19-13-4-2-1-3-11(13)14(20)17-18-15(21)16-12-8-9-5-6-10(12)7-9/h1-4,9-10,12,19H,5-8H2,(H,17,20)(H2,16,18,21)/t9-,10+,12+/m0/s1. The van der Waals surface area contributed by atoms with Gasteiger partial charge < -0.3 is 10.4 Å². The van der Waals surface area contributed by atoms with Crippen LogP contribution in [0.1, 0.15) is 36.0 Å². The largest absolute Gasteiger partial charge is 0.507 e. The number of rotatable bonds is 2. The van der Waals surface area contributed by atoms with Crippen molar-refractivity contribution in [3.05, 3.63) is 29.8 Å². The third kappa shape index (κ3) is 3.10. The highest BCUT2D eigenvalue weighted by Gasteiger charge is 2.39. The van der Waals surface area contributed by atoms with Crippen molar-refractivity contribution in [1.29, 1.82) is 0 Å². The zero-order valence-corrected chi connectivity index (χ0v) is 12.5. The molecule has 21 heavy (non-hydrogen) atoms. The van der Waals surface area contributed by atoms with Crippen LogP contribution in [-0.4, -0.2) is 22.2 Å². The van der Waals surface area contributed by atoms with Crippen LogP contribution in [-0.2, 0) is 0 Å².